The van der Waals surface area contributed by atoms with Gasteiger partial charge in [-0.1, -0.05) is 41.9 Å². The molecule has 6 heteroatoms. The first-order valence-corrected chi connectivity index (χ1v) is 9.04. The van der Waals surface area contributed by atoms with Gasteiger partial charge in [0.1, 0.15) is 6.54 Å². The van der Waals surface area contributed by atoms with E-state index in [0.717, 1.165) is 37.3 Å². The smallest absolute Gasteiger partial charge is 0.244 e. The van der Waals surface area contributed by atoms with Gasteiger partial charge in [0.2, 0.25) is 5.91 Å². The van der Waals surface area contributed by atoms with Gasteiger partial charge in [0.05, 0.1) is 5.71 Å². The predicted molar refractivity (Wildman–Crippen MR) is 107 cm³/mol. The summed E-state index contributed by atoms with van der Waals surface area (Å²) in [5, 5.41) is 0.586. The van der Waals surface area contributed by atoms with Gasteiger partial charge < -0.3 is 15.5 Å². The van der Waals surface area contributed by atoms with Crippen LogP contribution in [0.5, 0.6) is 0 Å². The van der Waals surface area contributed by atoms with Crippen molar-refractivity contribution in [3.05, 3.63) is 64.7 Å². The first kappa shape index (κ1) is 18.4. The van der Waals surface area contributed by atoms with Gasteiger partial charge in [-0.3, -0.25) is 9.79 Å². The highest BCUT2D eigenvalue weighted by Crippen LogP contribution is 2.22. The number of nitrogens with zero attached hydrogens (tertiary/aromatic N) is 3. The molecule has 0 unspecified atom stereocenters. The number of anilines is 1. The third-order valence-corrected chi connectivity index (χ3v) is 4.78. The van der Waals surface area contributed by atoms with E-state index in [2.05, 4.69) is 16.9 Å². The zero-order chi connectivity index (χ0) is 18.5. The van der Waals surface area contributed by atoms with Crippen LogP contribution in [-0.2, 0) is 4.79 Å². The summed E-state index contributed by atoms with van der Waals surface area (Å²) in [7, 11) is 2.06. The predicted octanol–water partition coefficient (Wildman–Crippen LogP) is 2.53. The molecule has 1 saturated heterocycles. The van der Waals surface area contributed by atoms with Gasteiger partial charge in [0.15, 0.2) is 0 Å². The number of halogens is 1. The Balaban J connectivity index is 1.87. The SMILES string of the molecule is CN1CCN(C(=O)CN=C(c2ccccc2)c2cc(Cl)ccc2N)CC1. The Kier molecular flexibility index (Phi) is 5.91. The van der Waals surface area contributed by atoms with Crippen LogP contribution < -0.4 is 5.73 Å². The molecule has 2 aromatic rings. The minimum atomic E-state index is 0.0344. The molecule has 1 amide bonds. The summed E-state index contributed by atoms with van der Waals surface area (Å²) in [6, 6.07) is 15.0. The standard InChI is InChI=1S/C20H23ClN4O/c1-24-9-11-25(12-10-24)19(26)14-23-20(15-5-3-2-4-6-15)17-13-16(21)7-8-18(17)22/h2-8,13H,9-12,14,22H2,1H3. The van der Waals surface area contributed by atoms with E-state index in [9.17, 15) is 4.79 Å². The maximum atomic E-state index is 12.6. The monoisotopic (exact) mass is 370 g/mol. The number of nitrogen functional groups attached to an aromatic ring is 1. The second-order valence-electron chi connectivity index (χ2n) is 6.45. The molecule has 0 bridgehead atoms. The molecule has 0 aliphatic carbocycles. The van der Waals surface area contributed by atoms with Crippen LogP contribution in [0.3, 0.4) is 0 Å². The number of amides is 1. The van der Waals surface area contributed by atoms with Crippen LogP contribution in [0.1, 0.15) is 11.1 Å². The van der Waals surface area contributed by atoms with E-state index in [0.29, 0.717) is 16.4 Å². The van der Waals surface area contributed by atoms with Crippen molar-refractivity contribution in [1.29, 1.82) is 0 Å². The number of carbonyl (C=O) groups is 1. The molecule has 1 aliphatic rings. The summed E-state index contributed by atoms with van der Waals surface area (Å²) in [4.78, 5) is 21.3. The second kappa shape index (κ2) is 8.34. The minimum Gasteiger partial charge on any atom is -0.398 e. The summed E-state index contributed by atoms with van der Waals surface area (Å²) in [5.41, 5.74) is 9.08. The van der Waals surface area contributed by atoms with Crippen molar-refractivity contribution >= 4 is 28.9 Å². The van der Waals surface area contributed by atoms with Crippen molar-refractivity contribution in [1.82, 2.24) is 9.80 Å². The molecule has 2 N–H and O–H groups in total. The van der Waals surface area contributed by atoms with Crippen LogP contribution in [-0.4, -0.2) is 61.2 Å². The molecule has 136 valence electrons. The Bertz CT molecular complexity index is 799. The summed E-state index contributed by atoms with van der Waals surface area (Å²) in [5.74, 6) is 0.0344. The maximum absolute atomic E-state index is 12.6. The highest BCUT2D eigenvalue weighted by Gasteiger charge is 2.19. The van der Waals surface area contributed by atoms with Crippen LogP contribution in [0.25, 0.3) is 0 Å². The van der Waals surface area contributed by atoms with Gasteiger partial charge in [-0.15, -0.1) is 0 Å². The molecule has 1 heterocycles. The van der Waals surface area contributed by atoms with E-state index in [1.54, 1.807) is 18.2 Å². The molecule has 0 atom stereocenters. The fraction of sp³-hybridized carbons (Fsp3) is 0.300. The second-order valence-corrected chi connectivity index (χ2v) is 6.88. The molecule has 5 nitrogen and oxygen atoms in total. The third kappa shape index (κ3) is 4.42. The highest BCUT2D eigenvalue weighted by atomic mass is 35.5. The molecular weight excluding hydrogens is 348 g/mol. The lowest BCUT2D eigenvalue weighted by atomic mass is 10.0. The first-order chi connectivity index (χ1) is 12.5. The topological polar surface area (TPSA) is 61.9 Å². The largest absolute Gasteiger partial charge is 0.398 e. The van der Waals surface area contributed by atoms with Crippen LogP contribution in [0.4, 0.5) is 5.69 Å². The Hall–Kier alpha value is -2.37. The molecule has 2 aromatic carbocycles. The zero-order valence-corrected chi connectivity index (χ0v) is 15.6. The molecule has 1 aliphatic heterocycles. The van der Waals surface area contributed by atoms with E-state index >= 15 is 0 Å². The van der Waals surface area contributed by atoms with Gasteiger partial charge in [0.25, 0.3) is 0 Å². The molecule has 3 rings (SSSR count). The van der Waals surface area contributed by atoms with Crippen molar-refractivity contribution in [2.45, 2.75) is 0 Å². The lowest BCUT2D eigenvalue weighted by Crippen LogP contribution is -2.47. The Labute approximate surface area is 159 Å². The van der Waals surface area contributed by atoms with Gasteiger partial charge >= 0.3 is 0 Å². The summed E-state index contributed by atoms with van der Waals surface area (Å²) in [6.45, 7) is 3.36. The van der Waals surface area contributed by atoms with Gasteiger partial charge in [-0.05, 0) is 25.2 Å². The number of piperazine rings is 1. The van der Waals surface area contributed by atoms with Gasteiger partial charge in [0, 0.05) is 48.0 Å². The van der Waals surface area contributed by atoms with Crippen molar-refractivity contribution in [3.63, 3.8) is 0 Å². The van der Waals surface area contributed by atoms with E-state index in [1.165, 1.54) is 0 Å². The van der Waals surface area contributed by atoms with Crippen LogP contribution in [0, 0.1) is 0 Å². The van der Waals surface area contributed by atoms with Crippen LogP contribution in [0.15, 0.2) is 53.5 Å². The number of rotatable bonds is 4. The molecule has 1 fully saturated rings. The average Bonchev–Trinajstić information content (AvgIpc) is 2.66. The quantitative estimate of drug-likeness (QED) is 0.664. The van der Waals surface area contributed by atoms with Gasteiger partial charge in [-0.25, -0.2) is 0 Å². The molecule has 0 spiro atoms. The number of benzene rings is 2. The normalized spacial score (nSPS) is 15.9. The number of hydrogen-bond donors (Lipinski definition) is 1. The summed E-state index contributed by atoms with van der Waals surface area (Å²) in [6.07, 6.45) is 0. The first-order valence-electron chi connectivity index (χ1n) is 8.66. The molecule has 26 heavy (non-hydrogen) atoms. The van der Waals surface area contributed by atoms with E-state index in [-0.39, 0.29) is 12.5 Å². The fourth-order valence-electron chi connectivity index (χ4n) is 2.96. The maximum Gasteiger partial charge on any atom is 0.244 e. The Morgan fingerprint density at radius 3 is 2.50 bits per heavy atom. The Morgan fingerprint density at radius 2 is 1.81 bits per heavy atom. The van der Waals surface area contributed by atoms with E-state index in [1.807, 2.05) is 35.2 Å². The lowest BCUT2D eigenvalue weighted by molar-refractivity contribution is -0.131. The van der Waals surface area contributed by atoms with Gasteiger partial charge in [-0.2, -0.15) is 0 Å². The number of nitrogens with two attached hydrogens (primary N) is 1. The number of likely N-dealkylation sites (N-methyl/N-ethyl adjacent to an activating group) is 1. The van der Waals surface area contributed by atoms with Crippen LogP contribution in [0.2, 0.25) is 5.02 Å². The van der Waals surface area contributed by atoms with Crippen molar-refractivity contribution in [2.75, 3.05) is 45.5 Å². The molecule has 0 radical (unpaired) electrons. The average molecular weight is 371 g/mol. The molecule has 0 aromatic heterocycles. The summed E-state index contributed by atoms with van der Waals surface area (Å²) < 4.78 is 0. The number of aliphatic imine (C=N–C) groups is 1. The highest BCUT2D eigenvalue weighted by molar-refractivity contribution is 6.31. The fourth-order valence-corrected chi connectivity index (χ4v) is 3.14. The third-order valence-electron chi connectivity index (χ3n) is 4.55. The number of carbonyl (C=O) groups excluding carboxylic acids is 1. The lowest BCUT2D eigenvalue weighted by Gasteiger charge is -2.32. The van der Waals surface area contributed by atoms with E-state index < -0.39 is 0 Å². The van der Waals surface area contributed by atoms with Crippen LogP contribution >= 0.6 is 11.6 Å². The minimum absolute atomic E-state index is 0.0344. The zero-order valence-electron chi connectivity index (χ0n) is 14.9. The van der Waals surface area contributed by atoms with Crippen molar-refractivity contribution in [2.24, 2.45) is 4.99 Å². The van der Waals surface area contributed by atoms with Crippen molar-refractivity contribution in [3.8, 4) is 0 Å². The molecular formula is C20H23ClN4O. The van der Waals surface area contributed by atoms with Crippen molar-refractivity contribution < 1.29 is 4.79 Å². The van der Waals surface area contributed by atoms with E-state index in [4.69, 9.17) is 17.3 Å². The number of hydrogen-bond acceptors (Lipinski definition) is 4. The summed E-state index contributed by atoms with van der Waals surface area (Å²) >= 11 is 6.16. The molecule has 0 saturated carbocycles. The Morgan fingerprint density at radius 1 is 1.12 bits per heavy atom.